The first-order valence-corrected chi connectivity index (χ1v) is 7.29. The highest BCUT2D eigenvalue weighted by Crippen LogP contribution is 2.51. The summed E-state index contributed by atoms with van der Waals surface area (Å²) < 4.78 is 5.60. The van der Waals surface area contributed by atoms with Gasteiger partial charge in [-0.2, -0.15) is 0 Å². The van der Waals surface area contributed by atoms with Crippen molar-refractivity contribution in [3.63, 3.8) is 0 Å². The lowest BCUT2D eigenvalue weighted by molar-refractivity contribution is -0.140. The third-order valence-electron chi connectivity index (χ3n) is 4.31. The smallest absolute Gasteiger partial charge is 0.314 e. The summed E-state index contributed by atoms with van der Waals surface area (Å²) in [6.07, 6.45) is 1.48. The van der Waals surface area contributed by atoms with Crippen LogP contribution in [0.2, 0.25) is 0 Å². The van der Waals surface area contributed by atoms with Gasteiger partial charge in [0.2, 0.25) is 0 Å². The predicted octanol–water partition coefficient (Wildman–Crippen LogP) is 4.06. The van der Waals surface area contributed by atoms with Crippen molar-refractivity contribution < 1.29 is 14.6 Å². The number of hydrogen-bond donors (Lipinski definition) is 1. The van der Waals surface area contributed by atoms with E-state index in [4.69, 9.17) is 4.74 Å². The summed E-state index contributed by atoms with van der Waals surface area (Å²) in [5.74, 6) is 0.839. The Morgan fingerprint density at radius 3 is 1.85 bits per heavy atom. The van der Waals surface area contributed by atoms with Gasteiger partial charge in [0, 0.05) is 0 Å². The van der Waals surface area contributed by atoms with Gasteiger partial charge in [-0.15, -0.1) is 0 Å². The maximum absolute atomic E-state index is 11.6. The molecule has 0 spiro atoms. The molecule has 1 aliphatic rings. The van der Waals surface area contributed by atoms with Crippen LogP contribution in [0.1, 0.15) is 69.1 Å². The Morgan fingerprint density at radius 2 is 1.60 bits per heavy atom. The fourth-order valence-electron chi connectivity index (χ4n) is 2.80. The summed E-state index contributed by atoms with van der Waals surface area (Å²) in [5, 5.41) is 9.51. The highest BCUT2D eigenvalue weighted by molar-refractivity contribution is 5.85. The van der Waals surface area contributed by atoms with E-state index in [1.54, 1.807) is 7.11 Å². The molecule has 1 saturated carbocycles. The molecule has 3 heteroatoms. The van der Waals surface area contributed by atoms with Crippen LogP contribution in [0.3, 0.4) is 0 Å². The number of carboxylic acids is 1. The molecule has 0 aliphatic heterocycles. The van der Waals surface area contributed by atoms with Crippen molar-refractivity contribution in [2.75, 3.05) is 7.11 Å². The summed E-state index contributed by atoms with van der Waals surface area (Å²) in [5.41, 5.74) is 2.51. The van der Waals surface area contributed by atoms with Crippen LogP contribution < -0.4 is 4.74 Å². The van der Waals surface area contributed by atoms with E-state index in [1.807, 2.05) is 12.1 Å². The summed E-state index contributed by atoms with van der Waals surface area (Å²) in [6.45, 7) is 8.47. The Kier molecular flexibility index (Phi) is 3.81. The largest absolute Gasteiger partial charge is 0.496 e. The molecule has 0 unspecified atom stereocenters. The fraction of sp³-hybridized carbons (Fsp3) is 0.588. The molecule has 0 bridgehead atoms. The number of carboxylic acid groups (broad SMARTS) is 1. The number of ether oxygens (including phenoxy) is 1. The average Bonchev–Trinajstić information content (AvgIpc) is 3.18. The number of aliphatic carboxylic acids is 1. The minimum atomic E-state index is -0.702. The summed E-state index contributed by atoms with van der Waals surface area (Å²) in [4.78, 5) is 11.6. The topological polar surface area (TPSA) is 46.5 Å². The van der Waals surface area contributed by atoms with Gasteiger partial charge in [-0.3, -0.25) is 4.79 Å². The van der Waals surface area contributed by atoms with Crippen molar-refractivity contribution in [3.05, 3.63) is 28.8 Å². The van der Waals surface area contributed by atoms with Crippen LogP contribution in [0.15, 0.2) is 12.1 Å². The molecular weight excluding hydrogens is 252 g/mol. The van der Waals surface area contributed by atoms with Crippen molar-refractivity contribution in [3.8, 4) is 5.75 Å². The number of methoxy groups -OCH3 is 1. The quantitative estimate of drug-likeness (QED) is 0.882. The van der Waals surface area contributed by atoms with Crippen LogP contribution in [0.4, 0.5) is 0 Å². The Hall–Kier alpha value is -1.51. The maximum atomic E-state index is 11.6. The van der Waals surface area contributed by atoms with Crippen LogP contribution >= 0.6 is 0 Å². The Balaban J connectivity index is 2.64. The third kappa shape index (κ3) is 2.30. The number of hydrogen-bond acceptors (Lipinski definition) is 2. The molecule has 20 heavy (non-hydrogen) atoms. The number of carbonyl (C=O) groups is 1. The Bertz CT molecular complexity index is 496. The van der Waals surface area contributed by atoms with E-state index in [-0.39, 0.29) is 0 Å². The molecule has 0 heterocycles. The molecule has 1 aromatic carbocycles. The lowest BCUT2D eigenvalue weighted by Gasteiger charge is -2.22. The molecule has 0 saturated heterocycles. The van der Waals surface area contributed by atoms with Crippen LogP contribution in [0.25, 0.3) is 0 Å². The number of benzene rings is 1. The van der Waals surface area contributed by atoms with E-state index in [0.29, 0.717) is 11.8 Å². The van der Waals surface area contributed by atoms with E-state index >= 15 is 0 Å². The molecule has 1 aromatic rings. The van der Waals surface area contributed by atoms with Crippen molar-refractivity contribution in [2.24, 2.45) is 0 Å². The van der Waals surface area contributed by atoms with Gasteiger partial charge in [-0.05, 0) is 41.4 Å². The average molecular weight is 276 g/mol. The molecule has 0 radical (unpaired) electrons. The van der Waals surface area contributed by atoms with Gasteiger partial charge in [0.1, 0.15) is 5.75 Å². The predicted molar refractivity (Wildman–Crippen MR) is 79.7 cm³/mol. The van der Waals surface area contributed by atoms with Crippen LogP contribution in [0.5, 0.6) is 5.75 Å². The summed E-state index contributed by atoms with van der Waals surface area (Å²) in [7, 11) is 1.69. The van der Waals surface area contributed by atoms with E-state index in [2.05, 4.69) is 27.7 Å². The lowest BCUT2D eigenvalue weighted by atomic mass is 9.86. The molecular formula is C17H24O3. The summed E-state index contributed by atoms with van der Waals surface area (Å²) >= 11 is 0. The normalized spacial score (nSPS) is 16.6. The molecule has 1 fully saturated rings. The van der Waals surface area contributed by atoms with Gasteiger partial charge in [0.15, 0.2) is 0 Å². The molecule has 110 valence electrons. The highest BCUT2D eigenvalue weighted by atomic mass is 16.5. The van der Waals surface area contributed by atoms with Gasteiger partial charge in [0.05, 0.1) is 12.5 Å². The van der Waals surface area contributed by atoms with Crippen molar-refractivity contribution >= 4 is 5.97 Å². The molecule has 3 nitrogen and oxygen atoms in total. The zero-order chi connectivity index (χ0) is 15.1. The standard InChI is InChI=1S/C17H24O3/c1-10(2)13-8-12(17(6-7-17)16(18)19)9-14(11(3)4)15(13)20-5/h8-11H,6-7H2,1-5H3,(H,18,19). The van der Waals surface area contributed by atoms with E-state index < -0.39 is 11.4 Å². The molecule has 0 atom stereocenters. The Morgan fingerprint density at radius 1 is 1.15 bits per heavy atom. The first kappa shape index (κ1) is 14.9. The monoisotopic (exact) mass is 276 g/mol. The second kappa shape index (κ2) is 5.12. The minimum Gasteiger partial charge on any atom is -0.496 e. The zero-order valence-electron chi connectivity index (χ0n) is 13.0. The second-order valence-electron chi connectivity index (χ2n) is 6.38. The van der Waals surface area contributed by atoms with Crippen LogP contribution in [-0.2, 0) is 10.2 Å². The first-order chi connectivity index (χ1) is 9.33. The van der Waals surface area contributed by atoms with E-state index in [1.165, 1.54) is 0 Å². The van der Waals surface area contributed by atoms with Gasteiger partial charge in [-0.1, -0.05) is 39.8 Å². The second-order valence-corrected chi connectivity index (χ2v) is 6.38. The van der Waals surface area contributed by atoms with Crippen LogP contribution in [0, 0.1) is 0 Å². The van der Waals surface area contributed by atoms with Gasteiger partial charge >= 0.3 is 5.97 Å². The SMILES string of the molecule is COc1c(C(C)C)cc(C2(C(=O)O)CC2)cc1C(C)C. The van der Waals surface area contributed by atoms with Crippen LogP contribution in [-0.4, -0.2) is 18.2 Å². The van der Waals surface area contributed by atoms with Gasteiger partial charge in [0.25, 0.3) is 0 Å². The van der Waals surface area contributed by atoms with Crippen molar-refractivity contribution in [1.82, 2.24) is 0 Å². The minimum absolute atomic E-state index is 0.312. The summed E-state index contributed by atoms with van der Waals surface area (Å²) in [6, 6.07) is 4.08. The highest BCUT2D eigenvalue weighted by Gasteiger charge is 2.52. The first-order valence-electron chi connectivity index (χ1n) is 7.29. The molecule has 1 aliphatic carbocycles. The molecule has 0 amide bonds. The van der Waals surface area contributed by atoms with Crippen molar-refractivity contribution in [1.29, 1.82) is 0 Å². The Labute approximate surface area is 121 Å². The number of rotatable bonds is 5. The fourth-order valence-corrected chi connectivity index (χ4v) is 2.80. The molecule has 0 aromatic heterocycles. The van der Waals surface area contributed by atoms with E-state index in [0.717, 1.165) is 35.3 Å². The molecule has 1 N–H and O–H groups in total. The third-order valence-corrected chi connectivity index (χ3v) is 4.31. The lowest BCUT2D eigenvalue weighted by Crippen LogP contribution is -2.20. The van der Waals surface area contributed by atoms with Gasteiger partial charge < -0.3 is 9.84 Å². The van der Waals surface area contributed by atoms with Crippen molar-refractivity contribution in [2.45, 2.75) is 57.8 Å². The van der Waals surface area contributed by atoms with E-state index in [9.17, 15) is 9.90 Å². The zero-order valence-corrected chi connectivity index (χ0v) is 13.0. The van der Waals surface area contributed by atoms with Gasteiger partial charge in [-0.25, -0.2) is 0 Å². The molecule has 2 rings (SSSR count). The maximum Gasteiger partial charge on any atom is 0.314 e.